The molecule has 3 rings (SSSR count). The summed E-state index contributed by atoms with van der Waals surface area (Å²) in [5, 5.41) is 4.22. The number of hydrogen-bond acceptors (Lipinski definition) is 4. The van der Waals surface area contributed by atoms with Crippen LogP contribution in [-0.4, -0.2) is 66.3 Å². The fourth-order valence-electron chi connectivity index (χ4n) is 3.38. The van der Waals surface area contributed by atoms with Crippen LogP contribution in [0.15, 0.2) is 16.8 Å². The molecule has 120 valence electrons. The molecule has 0 saturated carbocycles. The van der Waals surface area contributed by atoms with Crippen LogP contribution in [0, 0.1) is 5.92 Å². The number of thiophene rings is 1. The van der Waals surface area contributed by atoms with Gasteiger partial charge in [-0.2, -0.15) is 11.3 Å². The van der Waals surface area contributed by atoms with E-state index in [0.29, 0.717) is 5.92 Å². The van der Waals surface area contributed by atoms with Gasteiger partial charge in [0.05, 0.1) is 12.6 Å². The Morgan fingerprint density at radius 3 is 2.95 bits per heavy atom. The van der Waals surface area contributed by atoms with Crippen molar-refractivity contribution in [3.8, 4) is 0 Å². The molecule has 0 unspecified atom stereocenters. The van der Waals surface area contributed by atoms with E-state index in [1.807, 2.05) is 0 Å². The number of carbonyl (C=O) groups excluding carboxylic acids is 2. The minimum absolute atomic E-state index is 0.00212. The van der Waals surface area contributed by atoms with E-state index in [0.717, 1.165) is 32.5 Å². The Morgan fingerprint density at radius 2 is 2.27 bits per heavy atom. The van der Waals surface area contributed by atoms with Crippen molar-refractivity contribution < 1.29 is 9.59 Å². The number of rotatable bonds is 4. The third-order valence-electron chi connectivity index (χ3n) is 4.69. The first-order chi connectivity index (χ1) is 10.5. The van der Waals surface area contributed by atoms with E-state index in [1.54, 1.807) is 35.2 Å². The molecule has 0 aromatic carbocycles. The van der Waals surface area contributed by atoms with Crippen molar-refractivity contribution in [1.82, 2.24) is 14.7 Å². The van der Waals surface area contributed by atoms with Crippen LogP contribution in [0.4, 0.5) is 0 Å². The van der Waals surface area contributed by atoms with Crippen LogP contribution in [-0.2, 0) is 16.1 Å². The maximum Gasteiger partial charge on any atom is 0.241 e. The predicted octanol–water partition coefficient (Wildman–Crippen LogP) is 1.26. The fraction of sp³-hybridized carbons (Fsp3) is 0.625. The number of amides is 2. The summed E-state index contributed by atoms with van der Waals surface area (Å²) in [6.45, 7) is 2.76. The van der Waals surface area contributed by atoms with Gasteiger partial charge in [0, 0.05) is 27.2 Å². The van der Waals surface area contributed by atoms with Crippen LogP contribution in [0.1, 0.15) is 18.4 Å². The summed E-state index contributed by atoms with van der Waals surface area (Å²) >= 11 is 1.69. The molecule has 1 aromatic heterocycles. The smallest absolute Gasteiger partial charge is 0.241 e. The zero-order valence-electron chi connectivity index (χ0n) is 13.2. The SMILES string of the molecule is CN(C)C(=O)CN1C[C@H]2CCN(Cc3ccsc3)[C@H](C2)C1=O. The van der Waals surface area contributed by atoms with Crippen molar-refractivity contribution in [1.29, 1.82) is 0 Å². The van der Waals surface area contributed by atoms with Crippen molar-refractivity contribution >= 4 is 23.2 Å². The molecular formula is C16H23N3O2S. The molecule has 2 aliphatic rings. The number of hydrogen-bond donors (Lipinski definition) is 0. The van der Waals surface area contributed by atoms with Crippen LogP contribution in [0.2, 0.25) is 0 Å². The van der Waals surface area contributed by atoms with Gasteiger partial charge in [0.15, 0.2) is 0 Å². The molecule has 2 atom stereocenters. The largest absolute Gasteiger partial charge is 0.347 e. The Labute approximate surface area is 135 Å². The molecule has 6 heteroatoms. The van der Waals surface area contributed by atoms with E-state index in [-0.39, 0.29) is 24.4 Å². The minimum Gasteiger partial charge on any atom is -0.347 e. The van der Waals surface area contributed by atoms with Crippen molar-refractivity contribution in [2.24, 2.45) is 5.92 Å². The average molecular weight is 321 g/mol. The Bertz CT molecular complexity index is 544. The summed E-state index contributed by atoms with van der Waals surface area (Å²) in [7, 11) is 3.47. The zero-order valence-corrected chi connectivity index (χ0v) is 14.0. The molecule has 0 N–H and O–H groups in total. The quantitative estimate of drug-likeness (QED) is 0.838. The Kier molecular flexibility index (Phi) is 4.49. The lowest BCUT2D eigenvalue weighted by atomic mass is 9.85. The van der Waals surface area contributed by atoms with Gasteiger partial charge in [-0.25, -0.2) is 0 Å². The van der Waals surface area contributed by atoms with E-state index in [4.69, 9.17) is 0 Å². The highest BCUT2D eigenvalue weighted by Gasteiger charge is 2.41. The van der Waals surface area contributed by atoms with Gasteiger partial charge in [-0.05, 0) is 47.7 Å². The first kappa shape index (κ1) is 15.5. The molecule has 22 heavy (non-hydrogen) atoms. The van der Waals surface area contributed by atoms with Gasteiger partial charge in [0.2, 0.25) is 11.8 Å². The molecule has 1 aromatic rings. The number of nitrogens with zero attached hydrogens (tertiary/aromatic N) is 3. The van der Waals surface area contributed by atoms with E-state index in [1.165, 1.54) is 5.56 Å². The van der Waals surface area contributed by atoms with Crippen molar-refractivity contribution in [3.63, 3.8) is 0 Å². The number of piperidine rings is 2. The van der Waals surface area contributed by atoms with Crippen LogP contribution in [0.3, 0.4) is 0 Å². The third-order valence-corrected chi connectivity index (χ3v) is 5.42. The summed E-state index contributed by atoms with van der Waals surface area (Å²) in [5.41, 5.74) is 1.28. The number of likely N-dealkylation sites (N-methyl/N-ethyl adjacent to an activating group) is 1. The molecule has 0 aliphatic carbocycles. The van der Waals surface area contributed by atoms with Gasteiger partial charge in [-0.15, -0.1) is 0 Å². The van der Waals surface area contributed by atoms with E-state index in [9.17, 15) is 9.59 Å². The van der Waals surface area contributed by atoms with E-state index >= 15 is 0 Å². The first-order valence-corrected chi connectivity index (χ1v) is 8.73. The van der Waals surface area contributed by atoms with Crippen LogP contribution in [0.25, 0.3) is 0 Å². The van der Waals surface area contributed by atoms with Crippen molar-refractivity contribution in [3.05, 3.63) is 22.4 Å². The number of fused-ring (bicyclic) bond motifs is 2. The highest BCUT2D eigenvalue weighted by Crippen LogP contribution is 2.31. The van der Waals surface area contributed by atoms with Crippen LogP contribution in [0.5, 0.6) is 0 Å². The Morgan fingerprint density at radius 1 is 1.45 bits per heavy atom. The lowest BCUT2D eigenvalue weighted by Crippen LogP contribution is -2.59. The molecule has 5 nitrogen and oxygen atoms in total. The van der Waals surface area contributed by atoms with Gasteiger partial charge >= 0.3 is 0 Å². The molecule has 2 aliphatic heterocycles. The lowest BCUT2D eigenvalue weighted by Gasteiger charge is -2.46. The predicted molar refractivity (Wildman–Crippen MR) is 86.5 cm³/mol. The molecule has 0 radical (unpaired) electrons. The summed E-state index contributed by atoms with van der Waals surface area (Å²) in [6, 6.07) is 2.07. The van der Waals surface area contributed by atoms with Crippen LogP contribution >= 0.6 is 11.3 Å². The Balaban J connectivity index is 1.69. The second-order valence-corrected chi connectivity index (χ2v) is 7.30. The van der Waals surface area contributed by atoms with Crippen molar-refractivity contribution in [2.45, 2.75) is 25.4 Å². The molecule has 3 heterocycles. The van der Waals surface area contributed by atoms with E-state index in [2.05, 4.69) is 21.7 Å². The van der Waals surface area contributed by atoms with E-state index < -0.39 is 0 Å². The fourth-order valence-corrected chi connectivity index (χ4v) is 4.04. The number of likely N-dealkylation sites (tertiary alicyclic amines) is 2. The Hall–Kier alpha value is -1.40. The van der Waals surface area contributed by atoms with Crippen molar-refractivity contribution in [2.75, 3.05) is 33.7 Å². The van der Waals surface area contributed by atoms with Gasteiger partial charge in [-0.3, -0.25) is 14.5 Å². The standard InChI is InChI=1S/C16H23N3O2S/c1-17(2)15(20)10-19-8-12-3-5-18(14(7-12)16(19)21)9-13-4-6-22-11-13/h4,6,11-12,14H,3,5,7-10H2,1-2H3/t12-,14+/m0/s1. The molecule has 2 fully saturated rings. The second kappa shape index (κ2) is 6.38. The maximum absolute atomic E-state index is 12.7. The summed E-state index contributed by atoms with van der Waals surface area (Å²) in [6.07, 6.45) is 2.05. The molecule has 2 bridgehead atoms. The summed E-state index contributed by atoms with van der Waals surface area (Å²) in [5.74, 6) is 0.662. The zero-order chi connectivity index (χ0) is 15.7. The van der Waals surface area contributed by atoms with Gasteiger partial charge in [0.1, 0.15) is 0 Å². The summed E-state index contributed by atoms with van der Waals surface area (Å²) in [4.78, 5) is 30.3. The van der Waals surface area contributed by atoms with Gasteiger partial charge in [-0.1, -0.05) is 0 Å². The molecular weight excluding hydrogens is 298 g/mol. The van der Waals surface area contributed by atoms with Gasteiger partial charge < -0.3 is 9.80 Å². The highest BCUT2D eigenvalue weighted by molar-refractivity contribution is 7.07. The minimum atomic E-state index is -0.0534. The monoisotopic (exact) mass is 321 g/mol. The number of carbonyl (C=O) groups is 2. The van der Waals surface area contributed by atoms with Crippen LogP contribution < -0.4 is 0 Å². The third kappa shape index (κ3) is 3.17. The molecule has 0 spiro atoms. The first-order valence-electron chi connectivity index (χ1n) is 7.78. The molecule has 2 amide bonds. The summed E-state index contributed by atoms with van der Waals surface area (Å²) < 4.78 is 0. The molecule has 2 saturated heterocycles. The highest BCUT2D eigenvalue weighted by atomic mass is 32.1. The normalized spacial score (nSPS) is 25.4. The van der Waals surface area contributed by atoms with Gasteiger partial charge in [0.25, 0.3) is 0 Å². The average Bonchev–Trinajstić information content (AvgIpc) is 2.99. The maximum atomic E-state index is 12.7. The second-order valence-electron chi connectivity index (χ2n) is 6.52. The lowest BCUT2D eigenvalue weighted by molar-refractivity contribution is -0.150. The topological polar surface area (TPSA) is 43.9 Å².